The van der Waals surface area contributed by atoms with Gasteiger partial charge in [0.15, 0.2) is 5.96 Å². The molecule has 25 heavy (non-hydrogen) atoms. The molecule has 1 aromatic rings. The second-order valence-corrected chi connectivity index (χ2v) is 5.39. The van der Waals surface area contributed by atoms with Gasteiger partial charge >= 0.3 is 0 Å². The number of methoxy groups -OCH3 is 3. The van der Waals surface area contributed by atoms with Crippen LogP contribution in [0.15, 0.2) is 17.1 Å². The summed E-state index contributed by atoms with van der Waals surface area (Å²) in [5.41, 5.74) is 1.01. The van der Waals surface area contributed by atoms with E-state index >= 15 is 0 Å². The standard InChI is InChI=1S/C18H31N3O3.HI/c1-6-7-8-10-20-18(19-2)21-11-9-15-16(23-4)12-14(22-3)13-17(15)24-5;/h12-13H,6-11H2,1-5H3,(H2,19,20,21);1H. The number of unbranched alkanes of at least 4 members (excludes halogenated alkanes) is 2. The fourth-order valence-corrected chi connectivity index (χ4v) is 2.43. The van der Waals surface area contributed by atoms with Gasteiger partial charge in [-0.1, -0.05) is 19.8 Å². The van der Waals surface area contributed by atoms with E-state index in [1.807, 2.05) is 12.1 Å². The van der Waals surface area contributed by atoms with Crippen molar-refractivity contribution in [3.63, 3.8) is 0 Å². The van der Waals surface area contributed by atoms with Crippen molar-refractivity contribution in [2.75, 3.05) is 41.5 Å². The Labute approximate surface area is 168 Å². The second kappa shape index (κ2) is 13.9. The molecule has 0 heterocycles. The third-order valence-electron chi connectivity index (χ3n) is 3.78. The summed E-state index contributed by atoms with van der Waals surface area (Å²) in [7, 11) is 6.71. The van der Waals surface area contributed by atoms with Crippen LogP contribution in [0.1, 0.15) is 31.7 Å². The number of benzene rings is 1. The Morgan fingerprint density at radius 2 is 1.56 bits per heavy atom. The highest BCUT2D eigenvalue weighted by Gasteiger charge is 2.13. The molecule has 1 aromatic carbocycles. The van der Waals surface area contributed by atoms with E-state index < -0.39 is 0 Å². The zero-order valence-corrected chi connectivity index (χ0v) is 18.3. The van der Waals surface area contributed by atoms with Crippen LogP contribution in [0, 0.1) is 0 Å². The minimum Gasteiger partial charge on any atom is -0.496 e. The van der Waals surface area contributed by atoms with Crippen LogP contribution in [-0.4, -0.2) is 47.4 Å². The molecule has 0 spiro atoms. The maximum absolute atomic E-state index is 5.47. The summed E-state index contributed by atoms with van der Waals surface area (Å²) < 4.78 is 16.2. The minimum absolute atomic E-state index is 0. The van der Waals surface area contributed by atoms with E-state index in [9.17, 15) is 0 Å². The first kappa shape index (κ1) is 23.6. The lowest BCUT2D eigenvalue weighted by atomic mass is 10.1. The van der Waals surface area contributed by atoms with Gasteiger partial charge in [0.25, 0.3) is 0 Å². The van der Waals surface area contributed by atoms with Gasteiger partial charge in [-0.3, -0.25) is 4.99 Å². The number of hydrogen-bond acceptors (Lipinski definition) is 4. The molecule has 0 saturated carbocycles. The lowest BCUT2D eigenvalue weighted by molar-refractivity contribution is 0.368. The molecule has 0 aliphatic heterocycles. The number of nitrogens with zero attached hydrogens (tertiary/aromatic N) is 1. The monoisotopic (exact) mass is 465 g/mol. The summed E-state index contributed by atoms with van der Waals surface area (Å²) >= 11 is 0. The largest absolute Gasteiger partial charge is 0.496 e. The molecule has 0 aromatic heterocycles. The number of aliphatic imine (C=N–C) groups is 1. The SMILES string of the molecule is CCCCCNC(=NC)NCCc1c(OC)cc(OC)cc1OC.I. The highest BCUT2D eigenvalue weighted by Crippen LogP contribution is 2.34. The summed E-state index contributed by atoms with van der Waals surface area (Å²) in [6.45, 7) is 3.86. The molecule has 0 atom stereocenters. The van der Waals surface area contributed by atoms with Crippen LogP contribution in [0.3, 0.4) is 0 Å². The Morgan fingerprint density at radius 1 is 0.960 bits per heavy atom. The number of nitrogens with one attached hydrogen (secondary N) is 2. The predicted octanol–water partition coefficient (Wildman–Crippen LogP) is 3.23. The van der Waals surface area contributed by atoms with Crippen LogP contribution in [-0.2, 0) is 6.42 Å². The number of rotatable bonds is 10. The maximum atomic E-state index is 5.47. The summed E-state index contributed by atoms with van der Waals surface area (Å²) in [5, 5.41) is 6.64. The van der Waals surface area contributed by atoms with E-state index in [-0.39, 0.29) is 24.0 Å². The number of ether oxygens (including phenoxy) is 3. The Kier molecular flexibility index (Phi) is 13.1. The normalized spacial score (nSPS) is 10.7. The zero-order chi connectivity index (χ0) is 17.8. The molecule has 0 fully saturated rings. The molecule has 144 valence electrons. The molecule has 6 nitrogen and oxygen atoms in total. The average molecular weight is 465 g/mol. The Bertz CT molecular complexity index is 499. The van der Waals surface area contributed by atoms with Gasteiger partial charge in [0, 0.05) is 37.8 Å². The van der Waals surface area contributed by atoms with Crippen molar-refractivity contribution in [2.24, 2.45) is 4.99 Å². The lowest BCUT2D eigenvalue weighted by Gasteiger charge is -2.16. The average Bonchev–Trinajstić information content (AvgIpc) is 2.63. The van der Waals surface area contributed by atoms with Crippen molar-refractivity contribution in [1.82, 2.24) is 10.6 Å². The zero-order valence-electron chi connectivity index (χ0n) is 16.0. The molecule has 1 rings (SSSR count). The van der Waals surface area contributed by atoms with Gasteiger partial charge in [-0.2, -0.15) is 0 Å². The molecule has 0 amide bonds. The van der Waals surface area contributed by atoms with E-state index in [0.29, 0.717) is 5.75 Å². The predicted molar refractivity (Wildman–Crippen MR) is 114 cm³/mol. The lowest BCUT2D eigenvalue weighted by Crippen LogP contribution is -2.38. The van der Waals surface area contributed by atoms with Gasteiger partial charge < -0.3 is 24.8 Å². The summed E-state index contributed by atoms with van der Waals surface area (Å²) in [4.78, 5) is 4.24. The molecule has 0 unspecified atom stereocenters. The minimum atomic E-state index is 0. The quantitative estimate of drug-likeness (QED) is 0.241. The third-order valence-corrected chi connectivity index (χ3v) is 3.78. The van der Waals surface area contributed by atoms with Crippen LogP contribution in [0.5, 0.6) is 17.2 Å². The third kappa shape index (κ3) is 8.02. The topological polar surface area (TPSA) is 64.1 Å². The van der Waals surface area contributed by atoms with Gasteiger partial charge in [-0.05, 0) is 12.8 Å². The molecule has 0 saturated heterocycles. The summed E-state index contributed by atoms with van der Waals surface area (Å²) in [5.74, 6) is 3.06. The molecule has 0 aliphatic carbocycles. The fraction of sp³-hybridized carbons (Fsp3) is 0.611. The fourth-order valence-electron chi connectivity index (χ4n) is 2.43. The van der Waals surface area contributed by atoms with Crippen molar-refractivity contribution >= 4 is 29.9 Å². The summed E-state index contributed by atoms with van der Waals surface area (Å²) in [6.07, 6.45) is 4.35. The molecule has 2 N–H and O–H groups in total. The van der Waals surface area contributed by atoms with Crippen LogP contribution in [0.25, 0.3) is 0 Å². The van der Waals surface area contributed by atoms with Crippen molar-refractivity contribution in [1.29, 1.82) is 0 Å². The van der Waals surface area contributed by atoms with E-state index in [1.54, 1.807) is 28.4 Å². The van der Waals surface area contributed by atoms with Crippen molar-refractivity contribution in [3.05, 3.63) is 17.7 Å². The first-order valence-corrected chi connectivity index (χ1v) is 8.43. The Balaban J connectivity index is 0.00000576. The smallest absolute Gasteiger partial charge is 0.190 e. The highest BCUT2D eigenvalue weighted by atomic mass is 127. The molecule has 7 heteroatoms. The van der Waals surface area contributed by atoms with E-state index in [4.69, 9.17) is 14.2 Å². The van der Waals surface area contributed by atoms with Gasteiger partial charge in [-0.15, -0.1) is 24.0 Å². The maximum Gasteiger partial charge on any atom is 0.190 e. The Morgan fingerprint density at radius 3 is 2.04 bits per heavy atom. The first-order valence-electron chi connectivity index (χ1n) is 8.43. The van der Waals surface area contributed by atoms with Gasteiger partial charge in [0.05, 0.1) is 21.3 Å². The van der Waals surface area contributed by atoms with Gasteiger partial charge in [0.2, 0.25) is 0 Å². The molecular formula is C18H32IN3O3. The van der Waals surface area contributed by atoms with E-state index in [0.717, 1.165) is 49.0 Å². The molecular weight excluding hydrogens is 433 g/mol. The van der Waals surface area contributed by atoms with Gasteiger partial charge in [0.1, 0.15) is 17.2 Å². The Hall–Kier alpha value is -1.38. The van der Waals surface area contributed by atoms with Crippen LogP contribution in [0.2, 0.25) is 0 Å². The number of hydrogen-bond donors (Lipinski definition) is 2. The van der Waals surface area contributed by atoms with Crippen molar-refractivity contribution in [2.45, 2.75) is 32.6 Å². The highest BCUT2D eigenvalue weighted by molar-refractivity contribution is 14.0. The van der Waals surface area contributed by atoms with Crippen LogP contribution in [0.4, 0.5) is 0 Å². The van der Waals surface area contributed by atoms with Crippen molar-refractivity contribution < 1.29 is 14.2 Å². The molecule has 0 radical (unpaired) electrons. The van der Waals surface area contributed by atoms with Crippen LogP contribution < -0.4 is 24.8 Å². The first-order chi connectivity index (χ1) is 11.7. The summed E-state index contributed by atoms with van der Waals surface area (Å²) in [6, 6.07) is 3.74. The van der Waals surface area contributed by atoms with E-state index in [2.05, 4.69) is 22.5 Å². The van der Waals surface area contributed by atoms with E-state index in [1.165, 1.54) is 12.8 Å². The van der Waals surface area contributed by atoms with Crippen molar-refractivity contribution in [3.8, 4) is 17.2 Å². The van der Waals surface area contributed by atoms with Crippen LogP contribution >= 0.6 is 24.0 Å². The molecule has 0 aliphatic rings. The number of guanidine groups is 1. The second-order valence-electron chi connectivity index (χ2n) is 5.39. The number of halogens is 1. The van der Waals surface area contributed by atoms with Gasteiger partial charge in [-0.25, -0.2) is 0 Å². The molecule has 0 bridgehead atoms.